The molecular weight excluding hydrogens is 220 g/mol. The van der Waals surface area contributed by atoms with Crippen LogP contribution in [0, 0.1) is 5.92 Å². The van der Waals surface area contributed by atoms with Gasteiger partial charge in [-0.1, -0.05) is 0 Å². The molecule has 1 saturated carbocycles. The van der Waals surface area contributed by atoms with Crippen LogP contribution in [0.1, 0.15) is 12.8 Å². The molecule has 0 bridgehead atoms. The lowest BCUT2D eigenvalue weighted by Gasteiger charge is -2.43. The molecule has 16 heavy (non-hydrogen) atoms. The second-order valence-electron chi connectivity index (χ2n) is 4.29. The number of halogens is 2. The van der Waals surface area contributed by atoms with E-state index in [2.05, 4.69) is 4.74 Å². The number of rotatable bonds is 4. The predicted molar refractivity (Wildman–Crippen MR) is 51.0 cm³/mol. The van der Waals surface area contributed by atoms with Gasteiger partial charge >= 0.3 is 6.61 Å². The summed E-state index contributed by atoms with van der Waals surface area (Å²) in [4.78, 5) is 13.3. The zero-order chi connectivity index (χ0) is 11.7. The third-order valence-electron chi connectivity index (χ3n) is 3.23. The molecule has 2 aliphatic rings. The molecule has 1 aliphatic heterocycles. The number of carbonyl (C=O) groups is 1. The number of nitrogens with zero attached hydrogens (tertiary/aromatic N) is 1. The highest BCUT2D eigenvalue weighted by atomic mass is 19.3. The standard InChI is InChI=1S/C10H15F2NO3/c1-15-7-2-6(3-7)9(14)13-4-8(5-13)16-10(11)12/h6-8,10H,2-5H2,1H3. The summed E-state index contributed by atoms with van der Waals surface area (Å²) in [7, 11) is 1.63. The van der Waals surface area contributed by atoms with Gasteiger partial charge in [0.1, 0.15) is 0 Å². The molecule has 6 heteroatoms. The van der Waals surface area contributed by atoms with Crippen molar-refractivity contribution in [3.05, 3.63) is 0 Å². The van der Waals surface area contributed by atoms with Crippen LogP contribution in [0.4, 0.5) is 8.78 Å². The van der Waals surface area contributed by atoms with Gasteiger partial charge in [0.25, 0.3) is 0 Å². The summed E-state index contributed by atoms with van der Waals surface area (Å²) in [5, 5.41) is 0. The first-order valence-corrected chi connectivity index (χ1v) is 5.35. The van der Waals surface area contributed by atoms with Crippen molar-refractivity contribution >= 4 is 5.91 Å². The van der Waals surface area contributed by atoms with Crippen LogP contribution < -0.4 is 0 Å². The van der Waals surface area contributed by atoms with Crippen molar-refractivity contribution in [2.75, 3.05) is 20.2 Å². The summed E-state index contributed by atoms with van der Waals surface area (Å²) >= 11 is 0. The third-order valence-corrected chi connectivity index (χ3v) is 3.23. The van der Waals surface area contributed by atoms with E-state index in [4.69, 9.17) is 4.74 Å². The highest BCUT2D eigenvalue weighted by molar-refractivity contribution is 5.80. The van der Waals surface area contributed by atoms with Gasteiger partial charge < -0.3 is 14.4 Å². The van der Waals surface area contributed by atoms with Crippen molar-refractivity contribution in [2.45, 2.75) is 31.7 Å². The van der Waals surface area contributed by atoms with E-state index < -0.39 is 12.7 Å². The molecule has 0 aromatic heterocycles. The van der Waals surface area contributed by atoms with Gasteiger partial charge in [-0.05, 0) is 12.8 Å². The average molecular weight is 235 g/mol. The van der Waals surface area contributed by atoms with Crippen molar-refractivity contribution in [3.63, 3.8) is 0 Å². The van der Waals surface area contributed by atoms with Crippen LogP contribution in [-0.4, -0.2) is 49.8 Å². The summed E-state index contributed by atoms with van der Waals surface area (Å²) in [5.74, 6) is 0.0554. The van der Waals surface area contributed by atoms with Gasteiger partial charge in [-0.2, -0.15) is 8.78 Å². The maximum absolute atomic E-state index is 11.8. The smallest absolute Gasteiger partial charge is 0.345 e. The van der Waals surface area contributed by atoms with Gasteiger partial charge in [-0.3, -0.25) is 4.79 Å². The van der Waals surface area contributed by atoms with E-state index in [1.165, 1.54) is 0 Å². The molecule has 2 rings (SSSR count). The lowest BCUT2D eigenvalue weighted by atomic mass is 9.80. The Morgan fingerprint density at radius 3 is 2.44 bits per heavy atom. The van der Waals surface area contributed by atoms with Crippen molar-refractivity contribution in [1.29, 1.82) is 0 Å². The Morgan fingerprint density at radius 1 is 1.31 bits per heavy atom. The van der Waals surface area contributed by atoms with Crippen LogP contribution in [0.2, 0.25) is 0 Å². The molecule has 1 heterocycles. The highest BCUT2D eigenvalue weighted by Crippen LogP contribution is 2.32. The molecule has 0 spiro atoms. The van der Waals surface area contributed by atoms with Crippen molar-refractivity contribution in [1.82, 2.24) is 4.90 Å². The molecule has 2 fully saturated rings. The maximum Gasteiger partial charge on any atom is 0.345 e. The normalized spacial score (nSPS) is 30.1. The van der Waals surface area contributed by atoms with E-state index in [0.29, 0.717) is 0 Å². The minimum absolute atomic E-state index is 0.0115. The molecule has 0 N–H and O–H groups in total. The molecule has 0 aromatic carbocycles. The van der Waals surface area contributed by atoms with E-state index in [-0.39, 0.29) is 31.0 Å². The minimum atomic E-state index is -2.75. The van der Waals surface area contributed by atoms with Crippen molar-refractivity contribution in [3.8, 4) is 0 Å². The van der Waals surface area contributed by atoms with E-state index >= 15 is 0 Å². The Hall–Kier alpha value is -0.750. The molecule has 0 unspecified atom stereocenters. The fourth-order valence-electron chi connectivity index (χ4n) is 2.07. The lowest BCUT2D eigenvalue weighted by molar-refractivity contribution is -0.202. The summed E-state index contributed by atoms with van der Waals surface area (Å²) in [6, 6.07) is 0. The largest absolute Gasteiger partial charge is 0.381 e. The molecular formula is C10H15F2NO3. The first-order chi connectivity index (χ1) is 7.60. The Bertz CT molecular complexity index is 263. The SMILES string of the molecule is COC1CC(C(=O)N2CC(OC(F)F)C2)C1. The van der Waals surface area contributed by atoms with Gasteiger partial charge in [0.05, 0.1) is 12.2 Å². The Kier molecular flexibility index (Phi) is 3.39. The number of hydrogen-bond donors (Lipinski definition) is 0. The van der Waals surface area contributed by atoms with E-state index in [1.807, 2.05) is 0 Å². The summed E-state index contributed by atoms with van der Waals surface area (Å²) in [6.45, 7) is -2.17. The van der Waals surface area contributed by atoms with Crippen molar-refractivity contribution < 1.29 is 23.0 Å². The van der Waals surface area contributed by atoms with Crippen LogP contribution in [0.15, 0.2) is 0 Å². The Morgan fingerprint density at radius 2 is 1.94 bits per heavy atom. The lowest BCUT2D eigenvalue weighted by Crippen LogP contribution is -2.58. The fourth-order valence-corrected chi connectivity index (χ4v) is 2.07. The minimum Gasteiger partial charge on any atom is -0.381 e. The maximum atomic E-state index is 11.8. The Balaban J connectivity index is 1.66. The molecule has 92 valence electrons. The molecule has 0 atom stereocenters. The van der Waals surface area contributed by atoms with Gasteiger partial charge in [-0.25, -0.2) is 0 Å². The van der Waals surface area contributed by atoms with Crippen LogP contribution in [0.3, 0.4) is 0 Å². The average Bonchev–Trinajstić information content (AvgIpc) is 2.08. The summed E-state index contributed by atoms with van der Waals surface area (Å²) in [5.41, 5.74) is 0. The van der Waals surface area contributed by atoms with E-state index in [9.17, 15) is 13.6 Å². The van der Waals surface area contributed by atoms with Gasteiger partial charge in [0, 0.05) is 26.1 Å². The summed E-state index contributed by atoms with van der Waals surface area (Å²) < 4.78 is 33.0. The number of methoxy groups -OCH3 is 1. The number of carbonyl (C=O) groups excluding carboxylic acids is 1. The first-order valence-electron chi connectivity index (χ1n) is 5.35. The fraction of sp³-hybridized carbons (Fsp3) is 0.900. The zero-order valence-electron chi connectivity index (χ0n) is 9.07. The number of amides is 1. The van der Waals surface area contributed by atoms with Crippen molar-refractivity contribution in [2.24, 2.45) is 5.92 Å². The molecule has 4 nitrogen and oxygen atoms in total. The van der Waals surface area contributed by atoms with Gasteiger partial charge in [0.15, 0.2) is 0 Å². The number of ether oxygens (including phenoxy) is 2. The first kappa shape index (κ1) is 11.7. The number of likely N-dealkylation sites (tertiary alicyclic amines) is 1. The molecule has 1 aliphatic carbocycles. The summed E-state index contributed by atoms with van der Waals surface area (Å²) in [6.07, 6.45) is 1.17. The van der Waals surface area contributed by atoms with Crippen LogP contribution >= 0.6 is 0 Å². The number of alkyl halides is 2. The monoisotopic (exact) mass is 235 g/mol. The van der Waals surface area contributed by atoms with Gasteiger partial charge in [-0.15, -0.1) is 0 Å². The molecule has 1 amide bonds. The molecule has 0 radical (unpaired) electrons. The Labute approximate surface area is 92.5 Å². The number of hydrogen-bond acceptors (Lipinski definition) is 3. The highest BCUT2D eigenvalue weighted by Gasteiger charge is 2.41. The van der Waals surface area contributed by atoms with Crippen LogP contribution in [-0.2, 0) is 14.3 Å². The molecule has 1 saturated heterocycles. The quantitative estimate of drug-likeness (QED) is 0.725. The van der Waals surface area contributed by atoms with E-state index in [0.717, 1.165) is 12.8 Å². The predicted octanol–water partition coefficient (Wildman–Crippen LogP) is 0.861. The van der Waals surface area contributed by atoms with Crippen LogP contribution in [0.25, 0.3) is 0 Å². The van der Waals surface area contributed by atoms with E-state index in [1.54, 1.807) is 12.0 Å². The second-order valence-corrected chi connectivity index (χ2v) is 4.29. The third kappa shape index (κ3) is 2.32. The molecule has 0 aromatic rings. The topological polar surface area (TPSA) is 38.8 Å². The van der Waals surface area contributed by atoms with Gasteiger partial charge in [0.2, 0.25) is 5.91 Å². The van der Waals surface area contributed by atoms with Crippen LogP contribution in [0.5, 0.6) is 0 Å². The second kappa shape index (κ2) is 4.63. The zero-order valence-corrected chi connectivity index (χ0v) is 9.07.